The van der Waals surface area contributed by atoms with E-state index in [1.165, 1.54) is 0 Å². The summed E-state index contributed by atoms with van der Waals surface area (Å²) >= 11 is 0. The minimum absolute atomic E-state index is 0.379. The predicted molar refractivity (Wildman–Crippen MR) is 75.0 cm³/mol. The molecule has 1 unspecified atom stereocenters. The van der Waals surface area contributed by atoms with Gasteiger partial charge in [-0.25, -0.2) is 0 Å². The van der Waals surface area contributed by atoms with Crippen LogP contribution in [0.5, 0.6) is 0 Å². The molecule has 110 valence electrons. The maximum Gasteiger partial charge on any atom is 0.228 e. The lowest BCUT2D eigenvalue weighted by Crippen LogP contribution is -2.32. The molecule has 0 saturated heterocycles. The second-order valence-electron chi connectivity index (χ2n) is 5.81. The molecule has 0 saturated carbocycles. The van der Waals surface area contributed by atoms with E-state index in [9.17, 15) is 0 Å². The van der Waals surface area contributed by atoms with Gasteiger partial charge in [0.2, 0.25) is 11.7 Å². The molecular weight excluding hydrogens is 242 g/mol. The van der Waals surface area contributed by atoms with Crippen LogP contribution in [0.1, 0.15) is 52.8 Å². The molecule has 1 N–H and O–H groups in total. The number of methoxy groups -OCH3 is 1. The van der Waals surface area contributed by atoms with Crippen LogP contribution in [0.2, 0.25) is 0 Å². The van der Waals surface area contributed by atoms with E-state index in [2.05, 4.69) is 36.2 Å². The molecule has 1 heterocycles. The van der Waals surface area contributed by atoms with Crippen LogP contribution in [-0.4, -0.2) is 29.8 Å². The number of aromatic nitrogens is 2. The van der Waals surface area contributed by atoms with Crippen molar-refractivity contribution in [3.8, 4) is 0 Å². The van der Waals surface area contributed by atoms with E-state index in [0.29, 0.717) is 23.7 Å². The summed E-state index contributed by atoms with van der Waals surface area (Å²) in [6.07, 6.45) is 1.86. The Morgan fingerprint density at radius 3 is 2.58 bits per heavy atom. The number of nitrogens with zero attached hydrogens (tertiary/aromatic N) is 2. The molecular formula is C14H27N3O2. The summed E-state index contributed by atoms with van der Waals surface area (Å²) in [6.45, 7) is 11.4. The molecule has 0 aromatic carbocycles. The normalized spacial score (nSPS) is 14.1. The average Bonchev–Trinajstić information content (AvgIpc) is 2.77. The smallest absolute Gasteiger partial charge is 0.228 e. The first-order valence-electron chi connectivity index (χ1n) is 7.00. The van der Waals surface area contributed by atoms with Gasteiger partial charge in [-0.15, -0.1) is 0 Å². The quantitative estimate of drug-likeness (QED) is 0.785. The number of likely N-dealkylation sites (N-methyl/N-ethyl adjacent to an activating group) is 1. The van der Waals surface area contributed by atoms with Gasteiger partial charge >= 0.3 is 0 Å². The zero-order chi connectivity index (χ0) is 14.5. The van der Waals surface area contributed by atoms with Crippen molar-refractivity contribution in [1.82, 2.24) is 15.5 Å². The lowest BCUT2D eigenvalue weighted by molar-refractivity contribution is 0.00973. The summed E-state index contributed by atoms with van der Waals surface area (Å²) in [5, 5.41) is 7.48. The second-order valence-corrected chi connectivity index (χ2v) is 5.81. The summed E-state index contributed by atoms with van der Waals surface area (Å²) in [6, 6.07) is 0.379. The van der Waals surface area contributed by atoms with E-state index < -0.39 is 5.60 Å². The standard InChI is InChI=1S/C14H27N3O2/c1-7-15-11(8-10(2)3)9-12-16-13(17-19-12)14(4,5)18-6/h10-11,15H,7-9H2,1-6H3. The highest BCUT2D eigenvalue weighted by Crippen LogP contribution is 2.21. The first kappa shape index (κ1) is 16.1. The van der Waals surface area contributed by atoms with Crippen molar-refractivity contribution in [2.45, 2.75) is 59.1 Å². The zero-order valence-electron chi connectivity index (χ0n) is 13.0. The van der Waals surface area contributed by atoms with Crippen LogP contribution in [0.3, 0.4) is 0 Å². The van der Waals surface area contributed by atoms with Gasteiger partial charge in [0, 0.05) is 19.6 Å². The summed E-state index contributed by atoms with van der Waals surface area (Å²) in [5.74, 6) is 1.92. The number of nitrogens with one attached hydrogen (secondary N) is 1. The van der Waals surface area contributed by atoms with Gasteiger partial charge in [0.1, 0.15) is 5.60 Å². The second kappa shape index (κ2) is 7.01. The molecule has 1 aromatic heterocycles. The number of hydrogen-bond acceptors (Lipinski definition) is 5. The fourth-order valence-corrected chi connectivity index (χ4v) is 1.98. The monoisotopic (exact) mass is 269 g/mol. The van der Waals surface area contributed by atoms with E-state index in [1.54, 1.807) is 7.11 Å². The average molecular weight is 269 g/mol. The fraction of sp³-hybridized carbons (Fsp3) is 0.857. The first-order chi connectivity index (χ1) is 8.89. The summed E-state index contributed by atoms with van der Waals surface area (Å²) < 4.78 is 10.7. The number of ether oxygens (including phenoxy) is 1. The summed E-state index contributed by atoms with van der Waals surface area (Å²) in [7, 11) is 1.65. The summed E-state index contributed by atoms with van der Waals surface area (Å²) in [4.78, 5) is 4.44. The highest BCUT2D eigenvalue weighted by atomic mass is 16.5. The summed E-state index contributed by atoms with van der Waals surface area (Å²) in [5.41, 5.74) is -0.506. The molecule has 0 amide bonds. The van der Waals surface area contributed by atoms with Gasteiger partial charge < -0.3 is 14.6 Å². The number of rotatable bonds is 8. The lowest BCUT2D eigenvalue weighted by atomic mass is 10.0. The van der Waals surface area contributed by atoms with Crippen LogP contribution in [0.15, 0.2) is 4.52 Å². The van der Waals surface area contributed by atoms with Gasteiger partial charge in [0.15, 0.2) is 0 Å². The molecule has 0 radical (unpaired) electrons. The molecule has 1 rings (SSSR count). The third-order valence-electron chi connectivity index (χ3n) is 3.19. The number of hydrogen-bond donors (Lipinski definition) is 1. The van der Waals surface area contributed by atoms with E-state index >= 15 is 0 Å². The van der Waals surface area contributed by atoms with Crippen LogP contribution in [0, 0.1) is 5.92 Å². The Balaban J connectivity index is 2.70. The molecule has 1 aromatic rings. The van der Waals surface area contributed by atoms with E-state index in [1.807, 2.05) is 13.8 Å². The maximum absolute atomic E-state index is 5.35. The van der Waals surface area contributed by atoms with Gasteiger partial charge in [-0.1, -0.05) is 25.9 Å². The molecule has 0 aliphatic heterocycles. The highest BCUT2D eigenvalue weighted by Gasteiger charge is 2.26. The van der Waals surface area contributed by atoms with E-state index in [0.717, 1.165) is 19.4 Å². The Morgan fingerprint density at radius 2 is 2.05 bits per heavy atom. The van der Waals surface area contributed by atoms with Gasteiger partial charge in [-0.3, -0.25) is 0 Å². The molecule has 0 fully saturated rings. The van der Waals surface area contributed by atoms with E-state index in [4.69, 9.17) is 9.26 Å². The largest absolute Gasteiger partial charge is 0.371 e. The third-order valence-corrected chi connectivity index (χ3v) is 3.19. The van der Waals surface area contributed by atoms with Gasteiger partial charge in [-0.05, 0) is 32.7 Å². The van der Waals surface area contributed by atoms with Crippen LogP contribution < -0.4 is 5.32 Å². The third kappa shape index (κ3) is 4.91. The molecule has 0 bridgehead atoms. The molecule has 0 aliphatic rings. The molecule has 0 spiro atoms. The van der Waals surface area contributed by atoms with Crippen molar-refractivity contribution in [2.75, 3.05) is 13.7 Å². The Morgan fingerprint density at radius 1 is 1.37 bits per heavy atom. The van der Waals surface area contributed by atoms with Crippen LogP contribution >= 0.6 is 0 Å². The lowest BCUT2D eigenvalue weighted by Gasteiger charge is -2.18. The Kier molecular flexibility index (Phi) is 5.94. The Hall–Kier alpha value is -0.940. The molecule has 0 aliphatic carbocycles. The zero-order valence-corrected chi connectivity index (χ0v) is 13.0. The maximum atomic E-state index is 5.35. The Labute approximate surface area is 116 Å². The minimum atomic E-state index is -0.506. The molecule has 19 heavy (non-hydrogen) atoms. The van der Waals surface area contributed by atoms with Crippen LogP contribution in [0.4, 0.5) is 0 Å². The topological polar surface area (TPSA) is 60.2 Å². The van der Waals surface area contributed by atoms with Crippen LogP contribution in [-0.2, 0) is 16.8 Å². The van der Waals surface area contributed by atoms with Crippen molar-refractivity contribution < 1.29 is 9.26 Å². The van der Waals surface area contributed by atoms with Crippen molar-refractivity contribution >= 4 is 0 Å². The van der Waals surface area contributed by atoms with Crippen molar-refractivity contribution in [3.05, 3.63) is 11.7 Å². The minimum Gasteiger partial charge on any atom is -0.371 e. The van der Waals surface area contributed by atoms with Crippen molar-refractivity contribution in [3.63, 3.8) is 0 Å². The highest BCUT2D eigenvalue weighted by molar-refractivity contribution is 4.98. The van der Waals surface area contributed by atoms with Gasteiger partial charge in [0.05, 0.1) is 0 Å². The Bertz CT molecular complexity index is 375. The first-order valence-corrected chi connectivity index (χ1v) is 7.00. The molecule has 1 atom stereocenters. The molecule has 5 nitrogen and oxygen atoms in total. The van der Waals surface area contributed by atoms with Gasteiger partial charge in [-0.2, -0.15) is 4.98 Å². The van der Waals surface area contributed by atoms with Crippen molar-refractivity contribution in [2.24, 2.45) is 5.92 Å². The molecule has 5 heteroatoms. The van der Waals surface area contributed by atoms with Crippen molar-refractivity contribution in [1.29, 1.82) is 0 Å². The van der Waals surface area contributed by atoms with Crippen LogP contribution in [0.25, 0.3) is 0 Å². The van der Waals surface area contributed by atoms with E-state index in [-0.39, 0.29) is 0 Å². The fourth-order valence-electron chi connectivity index (χ4n) is 1.98. The van der Waals surface area contributed by atoms with Gasteiger partial charge in [0.25, 0.3) is 0 Å². The predicted octanol–water partition coefficient (Wildman–Crippen LogP) is 2.52. The SMILES string of the molecule is CCNC(Cc1nc(C(C)(C)OC)no1)CC(C)C.